The minimum atomic E-state index is -0.182. The highest BCUT2D eigenvalue weighted by Gasteiger charge is 2.15. The first-order valence-electron chi connectivity index (χ1n) is 8.63. The zero-order valence-corrected chi connectivity index (χ0v) is 13.9. The molecule has 2 aromatic rings. The largest absolute Gasteiger partial charge is 0.302 e. The summed E-state index contributed by atoms with van der Waals surface area (Å²) in [5, 5.41) is 0. The topological polar surface area (TPSA) is 6.48 Å². The van der Waals surface area contributed by atoms with E-state index in [0.29, 0.717) is 0 Å². The van der Waals surface area contributed by atoms with E-state index in [1.807, 2.05) is 18.2 Å². The molecular weight excluding hydrogens is 306 g/mol. The van der Waals surface area contributed by atoms with Crippen LogP contribution in [-0.2, 0) is 13.0 Å². The average molecular weight is 330 g/mol. The normalized spacial score (nSPS) is 16.9. The molecule has 1 saturated heterocycles. The third-order valence-corrected chi connectivity index (χ3v) is 4.61. The molecule has 0 unspecified atom stereocenters. The molecule has 1 heterocycles. The van der Waals surface area contributed by atoms with E-state index in [-0.39, 0.29) is 11.6 Å². The molecular formula is C20H24F2N2. The molecule has 3 rings (SSSR count). The van der Waals surface area contributed by atoms with E-state index in [0.717, 1.165) is 63.2 Å². The molecule has 2 aromatic carbocycles. The molecule has 0 N–H and O–H groups in total. The fourth-order valence-electron chi connectivity index (χ4n) is 3.23. The van der Waals surface area contributed by atoms with Crippen molar-refractivity contribution in [1.82, 2.24) is 9.80 Å². The summed E-state index contributed by atoms with van der Waals surface area (Å²) in [5.41, 5.74) is 2.21. The molecule has 0 atom stereocenters. The van der Waals surface area contributed by atoms with Crippen LogP contribution in [0.15, 0.2) is 48.5 Å². The highest BCUT2D eigenvalue weighted by atomic mass is 19.1. The van der Waals surface area contributed by atoms with Crippen LogP contribution in [-0.4, -0.2) is 42.5 Å². The lowest BCUT2D eigenvalue weighted by Gasteiger charge is -2.22. The molecule has 0 amide bonds. The fourth-order valence-corrected chi connectivity index (χ4v) is 3.23. The van der Waals surface area contributed by atoms with Gasteiger partial charge in [0.25, 0.3) is 0 Å². The second-order valence-corrected chi connectivity index (χ2v) is 6.48. The van der Waals surface area contributed by atoms with Crippen molar-refractivity contribution in [3.8, 4) is 0 Å². The molecule has 1 fully saturated rings. The van der Waals surface area contributed by atoms with Crippen LogP contribution in [0.4, 0.5) is 8.78 Å². The Hall–Kier alpha value is -1.78. The number of nitrogens with zero attached hydrogens (tertiary/aromatic N) is 2. The Bertz CT molecular complexity index is 642. The summed E-state index contributed by atoms with van der Waals surface area (Å²) in [5.74, 6) is -0.341. The van der Waals surface area contributed by atoms with Gasteiger partial charge in [-0.05, 0) is 61.3 Å². The summed E-state index contributed by atoms with van der Waals surface area (Å²) in [6.07, 6.45) is 2.01. The molecule has 0 radical (unpaired) electrons. The SMILES string of the molecule is Fc1ccc(CN2CCCN(CCc3cccc(F)c3)CC2)cc1. The Morgan fingerprint density at radius 3 is 2.29 bits per heavy atom. The molecule has 4 heteroatoms. The maximum atomic E-state index is 13.2. The van der Waals surface area contributed by atoms with Gasteiger partial charge in [0.1, 0.15) is 11.6 Å². The first-order valence-corrected chi connectivity index (χ1v) is 8.63. The van der Waals surface area contributed by atoms with Crippen molar-refractivity contribution in [2.75, 3.05) is 32.7 Å². The van der Waals surface area contributed by atoms with Crippen LogP contribution < -0.4 is 0 Å². The molecule has 0 aromatic heterocycles. The van der Waals surface area contributed by atoms with Gasteiger partial charge >= 0.3 is 0 Å². The van der Waals surface area contributed by atoms with Crippen molar-refractivity contribution in [3.05, 3.63) is 71.3 Å². The summed E-state index contributed by atoms with van der Waals surface area (Å²) >= 11 is 0. The predicted octanol–water partition coefficient (Wildman–Crippen LogP) is 3.72. The van der Waals surface area contributed by atoms with Crippen molar-refractivity contribution in [2.24, 2.45) is 0 Å². The molecule has 0 saturated carbocycles. The van der Waals surface area contributed by atoms with Gasteiger partial charge < -0.3 is 4.90 Å². The van der Waals surface area contributed by atoms with Crippen LogP contribution in [0.25, 0.3) is 0 Å². The monoisotopic (exact) mass is 330 g/mol. The predicted molar refractivity (Wildman–Crippen MR) is 92.8 cm³/mol. The van der Waals surface area contributed by atoms with Gasteiger partial charge in [-0.2, -0.15) is 0 Å². The van der Waals surface area contributed by atoms with Crippen molar-refractivity contribution >= 4 is 0 Å². The lowest BCUT2D eigenvalue weighted by molar-refractivity contribution is 0.253. The number of hydrogen-bond donors (Lipinski definition) is 0. The third kappa shape index (κ3) is 5.11. The minimum Gasteiger partial charge on any atom is -0.302 e. The standard InChI is InChI=1S/C20H24F2N2/c21-19-7-5-18(6-8-19)16-24-11-2-10-23(13-14-24)12-9-17-3-1-4-20(22)15-17/h1,3-8,15H,2,9-14,16H2. The highest BCUT2D eigenvalue weighted by Crippen LogP contribution is 2.11. The Morgan fingerprint density at radius 2 is 1.50 bits per heavy atom. The van der Waals surface area contributed by atoms with Gasteiger partial charge in [0, 0.05) is 26.2 Å². The van der Waals surface area contributed by atoms with Gasteiger partial charge in [-0.1, -0.05) is 24.3 Å². The van der Waals surface area contributed by atoms with E-state index in [2.05, 4.69) is 9.80 Å². The maximum Gasteiger partial charge on any atom is 0.123 e. The zero-order chi connectivity index (χ0) is 16.8. The number of rotatable bonds is 5. The zero-order valence-electron chi connectivity index (χ0n) is 13.9. The van der Waals surface area contributed by atoms with Crippen LogP contribution >= 0.6 is 0 Å². The first-order chi connectivity index (χ1) is 11.7. The molecule has 2 nitrogen and oxygen atoms in total. The number of halogens is 2. The molecule has 24 heavy (non-hydrogen) atoms. The second kappa shape index (κ2) is 8.36. The summed E-state index contributed by atoms with van der Waals surface area (Å²) in [6.45, 7) is 6.02. The summed E-state index contributed by atoms with van der Waals surface area (Å²) in [4.78, 5) is 4.88. The lowest BCUT2D eigenvalue weighted by atomic mass is 10.1. The minimum absolute atomic E-state index is 0.158. The maximum absolute atomic E-state index is 13.2. The molecule has 0 spiro atoms. The first kappa shape index (κ1) is 17.1. The summed E-state index contributed by atoms with van der Waals surface area (Å²) < 4.78 is 26.2. The Balaban J connectivity index is 1.47. The van der Waals surface area contributed by atoms with Crippen LogP contribution in [0.2, 0.25) is 0 Å². The van der Waals surface area contributed by atoms with E-state index in [9.17, 15) is 8.78 Å². The third-order valence-electron chi connectivity index (χ3n) is 4.61. The molecule has 128 valence electrons. The van der Waals surface area contributed by atoms with Crippen molar-refractivity contribution in [3.63, 3.8) is 0 Å². The summed E-state index contributed by atoms with van der Waals surface area (Å²) in [7, 11) is 0. The Morgan fingerprint density at radius 1 is 0.750 bits per heavy atom. The van der Waals surface area contributed by atoms with E-state index >= 15 is 0 Å². The van der Waals surface area contributed by atoms with Crippen LogP contribution in [0.1, 0.15) is 17.5 Å². The van der Waals surface area contributed by atoms with Crippen molar-refractivity contribution < 1.29 is 8.78 Å². The van der Waals surface area contributed by atoms with Crippen LogP contribution in [0, 0.1) is 11.6 Å². The van der Waals surface area contributed by atoms with Gasteiger partial charge in [0.15, 0.2) is 0 Å². The Kier molecular flexibility index (Phi) is 5.94. The smallest absolute Gasteiger partial charge is 0.123 e. The van der Waals surface area contributed by atoms with Crippen molar-refractivity contribution in [2.45, 2.75) is 19.4 Å². The molecule has 0 bridgehead atoms. The van der Waals surface area contributed by atoms with Gasteiger partial charge in [0.2, 0.25) is 0 Å². The second-order valence-electron chi connectivity index (χ2n) is 6.48. The van der Waals surface area contributed by atoms with Crippen LogP contribution in [0.3, 0.4) is 0 Å². The van der Waals surface area contributed by atoms with Gasteiger partial charge in [0.05, 0.1) is 0 Å². The van der Waals surface area contributed by atoms with Gasteiger partial charge in [-0.15, -0.1) is 0 Å². The summed E-state index contributed by atoms with van der Waals surface area (Å²) in [6, 6.07) is 13.7. The molecule has 1 aliphatic rings. The average Bonchev–Trinajstić information content (AvgIpc) is 2.80. The number of hydrogen-bond acceptors (Lipinski definition) is 2. The van der Waals surface area contributed by atoms with Crippen molar-refractivity contribution in [1.29, 1.82) is 0 Å². The lowest BCUT2D eigenvalue weighted by Crippen LogP contribution is -2.31. The van der Waals surface area contributed by atoms with E-state index in [4.69, 9.17) is 0 Å². The van der Waals surface area contributed by atoms with Gasteiger partial charge in [-0.25, -0.2) is 8.78 Å². The molecule has 1 aliphatic heterocycles. The van der Waals surface area contributed by atoms with E-state index < -0.39 is 0 Å². The van der Waals surface area contributed by atoms with E-state index in [1.165, 1.54) is 18.2 Å². The van der Waals surface area contributed by atoms with Crippen LogP contribution in [0.5, 0.6) is 0 Å². The van der Waals surface area contributed by atoms with Gasteiger partial charge in [-0.3, -0.25) is 4.90 Å². The Labute approximate surface area is 142 Å². The fraction of sp³-hybridized carbons (Fsp3) is 0.400. The quantitative estimate of drug-likeness (QED) is 0.824. The highest BCUT2D eigenvalue weighted by molar-refractivity contribution is 5.17. The molecule has 0 aliphatic carbocycles. The van der Waals surface area contributed by atoms with E-state index in [1.54, 1.807) is 12.1 Å². The number of benzene rings is 2.